The zero-order chi connectivity index (χ0) is 15.4. The molecule has 2 heterocycles. The Hall–Kier alpha value is -1.14. The number of nitrogens with two attached hydrogens (primary N) is 1. The maximum atomic E-state index is 12.4. The molecule has 0 aliphatic carbocycles. The number of ether oxygens (including phenoxy) is 1. The first kappa shape index (κ1) is 16.2. The number of carbonyl (C=O) groups excluding carboxylic acids is 2. The lowest BCUT2D eigenvalue weighted by Gasteiger charge is -2.36. The highest BCUT2D eigenvalue weighted by Gasteiger charge is 2.34. The zero-order valence-corrected chi connectivity index (χ0v) is 13.1. The quantitative estimate of drug-likeness (QED) is 0.805. The molecule has 2 aliphatic rings. The van der Waals surface area contributed by atoms with E-state index >= 15 is 0 Å². The van der Waals surface area contributed by atoms with Gasteiger partial charge in [0, 0.05) is 39.1 Å². The maximum Gasteiger partial charge on any atom is 0.251 e. The summed E-state index contributed by atoms with van der Waals surface area (Å²) in [6.45, 7) is 7.04. The summed E-state index contributed by atoms with van der Waals surface area (Å²) in [4.78, 5) is 28.1. The molecule has 2 amide bonds. The van der Waals surface area contributed by atoms with Gasteiger partial charge in [-0.1, -0.05) is 13.8 Å². The van der Waals surface area contributed by atoms with E-state index < -0.39 is 0 Å². The highest BCUT2D eigenvalue weighted by Crippen LogP contribution is 2.21. The molecule has 0 bridgehead atoms. The van der Waals surface area contributed by atoms with Crippen LogP contribution in [0.1, 0.15) is 33.1 Å². The molecule has 0 saturated carbocycles. The van der Waals surface area contributed by atoms with Crippen molar-refractivity contribution in [2.45, 2.75) is 45.3 Å². The number of piperazine rings is 1. The second-order valence-corrected chi connectivity index (χ2v) is 6.36. The monoisotopic (exact) mass is 297 g/mol. The van der Waals surface area contributed by atoms with Gasteiger partial charge in [0.2, 0.25) is 5.91 Å². The van der Waals surface area contributed by atoms with Gasteiger partial charge in [0.1, 0.15) is 6.10 Å². The SMILES string of the molecule is CC(C)CC(=O)N1CCN(C(=O)C2CCC(CN)O2)CC1. The number of nitrogens with zero attached hydrogens (tertiary/aromatic N) is 2. The van der Waals surface area contributed by atoms with E-state index in [4.69, 9.17) is 10.5 Å². The maximum absolute atomic E-state index is 12.4. The fourth-order valence-corrected chi connectivity index (χ4v) is 2.92. The molecule has 0 aromatic rings. The summed E-state index contributed by atoms with van der Waals surface area (Å²) in [6.07, 6.45) is 1.88. The number of hydrogen-bond donors (Lipinski definition) is 1. The lowest BCUT2D eigenvalue weighted by molar-refractivity contribution is -0.147. The van der Waals surface area contributed by atoms with Gasteiger partial charge in [0.05, 0.1) is 6.10 Å². The molecule has 0 spiro atoms. The summed E-state index contributed by atoms with van der Waals surface area (Å²) in [5.41, 5.74) is 5.57. The average molecular weight is 297 g/mol. The summed E-state index contributed by atoms with van der Waals surface area (Å²) in [6, 6.07) is 0. The predicted molar refractivity (Wildman–Crippen MR) is 79.6 cm³/mol. The van der Waals surface area contributed by atoms with Gasteiger partial charge < -0.3 is 20.3 Å². The van der Waals surface area contributed by atoms with Crippen LogP contribution in [-0.4, -0.2) is 66.5 Å². The minimum Gasteiger partial charge on any atom is -0.364 e. The van der Waals surface area contributed by atoms with Crippen LogP contribution >= 0.6 is 0 Å². The van der Waals surface area contributed by atoms with Crippen LogP contribution in [0, 0.1) is 5.92 Å². The molecule has 6 nitrogen and oxygen atoms in total. The third kappa shape index (κ3) is 4.17. The molecular formula is C15H27N3O3. The summed E-state index contributed by atoms with van der Waals surface area (Å²) in [5, 5.41) is 0. The Morgan fingerprint density at radius 3 is 2.29 bits per heavy atom. The van der Waals surface area contributed by atoms with Crippen molar-refractivity contribution < 1.29 is 14.3 Å². The molecule has 2 unspecified atom stereocenters. The van der Waals surface area contributed by atoms with E-state index in [1.54, 1.807) is 0 Å². The minimum atomic E-state index is -0.337. The van der Waals surface area contributed by atoms with Crippen molar-refractivity contribution in [3.8, 4) is 0 Å². The number of amides is 2. The third-order valence-electron chi connectivity index (χ3n) is 4.17. The van der Waals surface area contributed by atoms with Crippen molar-refractivity contribution in [2.75, 3.05) is 32.7 Å². The Bertz CT molecular complexity index is 378. The molecule has 21 heavy (non-hydrogen) atoms. The van der Waals surface area contributed by atoms with Gasteiger partial charge in [-0.3, -0.25) is 9.59 Å². The second kappa shape index (κ2) is 7.22. The van der Waals surface area contributed by atoms with Crippen molar-refractivity contribution in [3.05, 3.63) is 0 Å². The summed E-state index contributed by atoms with van der Waals surface area (Å²) in [7, 11) is 0. The van der Waals surface area contributed by atoms with Crippen LogP contribution in [0.25, 0.3) is 0 Å². The Kier molecular flexibility index (Phi) is 5.58. The second-order valence-electron chi connectivity index (χ2n) is 6.36. The van der Waals surface area contributed by atoms with E-state index in [-0.39, 0.29) is 24.0 Å². The molecule has 2 saturated heterocycles. The molecule has 2 fully saturated rings. The van der Waals surface area contributed by atoms with Crippen LogP contribution < -0.4 is 5.73 Å². The topological polar surface area (TPSA) is 75.9 Å². The Morgan fingerprint density at radius 1 is 1.14 bits per heavy atom. The zero-order valence-electron chi connectivity index (χ0n) is 13.1. The van der Waals surface area contributed by atoms with E-state index in [0.717, 1.165) is 12.8 Å². The van der Waals surface area contributed by atoms with Gasteiger partial charge in [-0.25, -0.2) is 0 Å². The van der Waals surface area contributed by atoms with Crippen molar-refractivity contribution in [1.82, 2.24) is 9.80 Å². The molecule has 2 atom stereocenters. The van der Waals surface area contributed by atoms with Crippen LogP contribution in [0.2, 0.25) is 0 Å². The molecule has 0 aromatic heterocycles. The molecule has 2 aliphatic heterocycles. The van der Waals surface area contributed by atoms with Gasteiger partial charge in [-0.2, -0.15) is 0 Å². The van der Waals surface area contributed by atoms with Crippen LogP contribution in [0.5, 0.6) is 0 Å². The fourth-order valence-electron chi connectivity index (χ4n) is 2.92. The number of rotatable bonds is 4. The Morgan fingerprint density at radius 2 is 1.76 bits per heavy atom. The molecule has 6 heteroatoms. The van der Waals surface area contributed by atoms with E-state index in [9.17, 15) is 9.59 Å². The van der Waals surface area contributed by atoms with Gasteiger partial charge in [0.15, 0.2) is 0 Å². The highest BCUT2D eigenvalue weighted by molar-refractivity contribution is 5.82. The standard InChI is InChI=1S/C15H27N3O3/c1-11(2)9-14(19)17-5-7-18(8-6-17)15(20)13-4-3-12(10-16)21-13/h11-13H,3-10,16H2,1-2H3. The molecule has 2 rings (SSSR count). The van der Waals surface area contributed by atoms with Gasteiger partial charge in [-0.05, 0) is 18.8 Å². The van der Waals surface area contributed by atoms with Gasteiger partial charge >= 0.3 is 0 Å². The molecule has 0 aromatic carbocycles. The van der Waals surface area contributed by atoms with Crippen molar-refractivity contribution in [1.29, 1.82) is 0 Å². The third-order valence-corrected chi connectivity index (χ3v) is 4.17. The number of hydrogen-bond acceptors (Lipinski definition) is 4. The molecule has 0 radical (unpaired) electrons. The molecule has 120 valence electrons. The first-order chi connectivity index (χ1) is 10.0. The number of carbonyl (C=O) groups is 2. The first-order valence-electron chi connectivity index (χ1n) is 7.93. The Balaban J connectivity index is 1.78. The van der Waals surface area contributed by atoms with Gasteiger partial charge in [-0.15, -0.1) is 0 Å². The van der Waals surface area contributed by atoms with Crippen molar-refractivity contribution in [3.63, 3.8) is 0 Å². The highest BCUT2D eigenvalue weighted by atomic mass is 16.5. The molecule has 2 N–H and O–H groups in total. The van der Waals surface area contributed by atoms with E-state index in [1.807, 2.05) is 23.6 Å². The normalized spacial score (nSPS) is 26.5. The Labute approximate surface area is 126 Å². The average Bonchev–Trinajstić information content (AvgIpc) is 2.95. The van der Waals surface area contributed by atoms with E-state index in [1.165, 1.54) is 0 Å². The smallest absolute Gasteiger partial charge is 0.251 e. The predicted octanol–water partition coefficient (Wildman–Crippen LogP) is 0.210. The van der Waals surface area contributed by atoms with Crippen LogP contribution in [0.4, 0.5) is 0 Å². The lowest BCUT2D eigenvalue weighted by atomic mass is 10.1. The summed E-state index contributed by atoms with van der Waals surface area (Å²) in [5.74, 6) is 0.622. The lowest BCUT2D eigenvalue weighted by Crippen LogP contribution is -2.53. The van der Waals surface area contributed by atoms with Gasteiger partial charge in [0.25, 0.3) is 5.91 Å². The van der Waals surface area contributed by atoms with Crippen molar-refractivity contribution in [2.24, 2.45) is 11.7 Å². The minimum absolute atomic E-state index is 0.0212. The largest absolute Gasteiger partial charge is 0.364 e. The summed E-state index contributed by atoms with van der Waals surface area (Å²) >= 11 is 0. The van der Waals surface area contributed by atoms with Crippen LogP contribution in [0.3, 0.4) is 0 Å². The van der Waals surface area contributed by atoms with Crippen LogP contribution in [-0.2, 0) is 14.3 Å². The first-order valence-corrected chi connectivity index (χ1v) is 7.93. The van der Waals surface area contributed by atoms with Crippen molar-refractivity contribution >= 4 is 11.8 Å². The summed E-state index contributed by atoms with van der Waals surface area (Å²) < 4.78 is 5.66. The molecular weight excluding hydrogens is 270 g/mol. The van der Waals surface area contributed by atoms with E-state index in [2.05, 4.69) is 0 Å². The fraction of sp³-hybridized carbons (Fsp3) is 0.867. The van der Waals surface area contributed by atoms with Crippen LogP contribution in [0.15, 0.2) is 0 Å². The van der Waals surface area contributed by atoms with E-state index in [0.29, 0.717) is 45.1 Å².